The van der Waals surface area contributed by atoms with E-state index in [0.29, 0.717) is 23.5 Å². The van der Waals surface area contributed by atoms with E-state index in [-0.39, 0.29) is 23.3 Å². The van der Waals surface area contributed by atoms with Gasteiger partial charge < -0.3 is 19.2 Å². The third-order valence-electron chi connectivity index (χ3n) is 6.50. The van der Waals surface area contributed by atoms with Crippen LogP contribution in [0.1, 0.15) is 59.5 Å². The van der Waals surface area contributed by atoms with Gasteiger partial charge in [-0.05, 0) is 34.6 Å². The predicted molar refractivity (Wildman–Crippen MR) is 117 cm³/mol. The molecular weight excluding hydrogens is 392 g/mol. The summed E-state index contributed by atoms with van der Waals surface area (Å²) in [7, 11) is 3.38. The van der Waals surface area contributed by atoms with Crippen LogP contribution in [0, 0.1) is 5.41 Å². The number of nitrogens with one attached hydrogen (secondary N) is 1. The maximum absolute atomic E-state index is 13.1. The molecule has 1 aromatic heterocycles. The monoisotopic (exact) mass is 418 g/mol. The third kappa shape index (κ3) is 3.22. The number of carbonyl (C=O) groups excluding carboxylic acids is 1. The van der Waals surface area contributed by atoms with Crippen molar-refractivity contribution in [2.45, 2.75) is 38.8 Å². The molecule has 0 radical (unpaired) electrons. The molecule has 0 bridgehead atoms. The zero-order chi connectivity index (χ0) is 21.8. The standard InChI is InChI=1S/C25H26N2O4/c1-25(2)11-15-6-5-14(7-16(15)24(25)30-4)19-9-21(28)17-8-18(23-12-26-13-31-23)22(29-3)10-20(17)27-19/h5-8,10,12-13,19,24,27H,9,11H2,1-4H3. The number of hydrogen-bond donors (Lipinski definition) is 1. The van der Waals surface area contributed by atoms with Crippen LogP contribution in [0.5, 0.6) is 5.75 Å². The van der Waals surface area contributed by atoms with Crippen molar-refractivity contribution in [3.05, 3.63) is 65.2 Å². The molecule has 3 aromatic rings. The number of fused-ring (bicyclic) bond motifs is 2. The lowest BCUT2D eigenvalue weighted by molar-refractivity contribution is 0.0190. The van der Waals surface area contributed by atoms with Crippen molar-refractivity contribution in [2.24, 2.45) is 5.41 Å². The molecule has 0 spiro atoms. The quantitative estimate of drug-likeness (QED) is 0.615. The highest BCUT2D eigenvalue weighted by Crippen LogP contribution is 2.48. The summed E-state index contributed by atoms with van der Waals surface area (Å²) in [6, 6.07) is 10.1. The Balaban J connectivity index is 1.51. The summed E-state index contributed by atoms with van der Waals surface area (Å²) in [6.07, 6.45) is 4.41. The van der Waals surface area contributed by atoms with E-state index in [1.54, 1.807) is 20.4 Å². The molecule has 0 fully saturated rings. The second-order valence-corrected chi connectivity index (χ2v) is 9.03. The summed E-state index contributed by atoms with van der Waals surface area (Å²) in [5.74, 6) is 1.29. The molecule has 5 rings (SSSR count). The molecule has 0 saturated heterocycles. The molecule has 2 aliphatic rings. The summed E-state index contributed by atoms with van der Waals surface area (Å²) in [5.41, 5.74) is 5.82. The van der Waals surface area contributed by atoms with E-state index in [0.717, 1.165) is 23.2 Å². The number of hydrogen-bond acceptors (Lipinski definition) is 6. The van der Waals surface area contributed by atoms with Gasteiger partial charge in [0.2, 0.25) is 0 Å². The lowest BCUT2D eigenvalue weighted by atomic mass is 9.87. The van der Waals surface area contributed by atoms with Crippen molar-refractivity contribution in [3.63, 3.8) is 0 Å². The number of ether oxygens (including phenoxy) is 2. The Morgan fingerprint density at radius 2 is 2.00 bits per heavy atom. The van der Waals surface area contributed by atoms with Crippen molar-refractivity contribution in [2.75, 3.05) is 19.5 Å². The van der Waals surface area contributed by atoms with Crippen LogP contribution in [-0.4, -0.2) is 25.0 Å². The second kappa shape index (κ2) is 7.24. The Morgan fingerprint density at radius 3 is 2.71 bits per heavy atom. The number of rotatable bonds is 4. The van der Waals surface area contributed by atoms with Gasteiger partial charge in [-0.2, -0.15) is 0 Å². The normalized spacial score (nSPS) is 21.4. The molecule has 6 heteroatoms. The number of oxazole rings is 1. The number of benzene rings is 2. The van der Waals surface area contributed by atoms with Gasteiger partial charge in [-0.15, -0.1) is 0 Å². The van der Waals surface area contributed by atoms with E-state index in [2.05, 4.69) is 42.3 Å². The highest BCUT2D eigenvalue weighted by molar-refractivity contribution is 6.05. The minimum Gasteiger partial charge on any atom is -0.496 e. The Labute approximate surface area is 181 Å². The van der Waals surface area contributed by atoms with E-state index < -0.39 is 0 Å². The molecule has 2 aromatic carbocycles. The van der Waals surface area contributed by atoms with E-state index in [1.807, 2.05) is 12.1 Å². The number of ketones is 1. The number of carbonyl (C=O) groups is 1. The van der Waals surface area contributed by atoms with Crippen molar-refractivity contribution < 1.29 is 18.7 Å². The zero-order valence-corrected chi connectivity index (χ0v) is 18.2. The average molecular weight is 418 g/mol. The van der Waals surface area contributed by atoms with Crippen molar-refractivity contribution >= 4 is 11.5 Å². The number of methoxy groups -OCH3 is 2. The highest BCUT2D eigenvalue weighted by Gasteiger charge is 2.40. The minimum absolute atomic E-state index is 0.0542. The molecular formula is C25H26N2O4. The van der Waals surface area contributed by atoms with Crippen molar-refractivity contribution in [1.29, 1.82) is 0 Å². The van der Waals surface area contributed by atoms with Crippen LogP contribution < -0.4 is 10.1 Å². The molecule has 2 heterocycles. The van der Waals surface area contributed by atoms with E-state index in [1.165, 1.54) is 17.5 Å². The Bertz CT molecular complexity index is 1150. The van der Waals surface area contributed by atoms with Gasteiger partial charge in [-0.3, -0.25) is 4.79 Å². The van der Waals surface area contributed by atoms with Crippen LogP contribution in [-0.2, 0) is 11.2 Å². The third-order valence-corrected chi connectivity index (χ3v) is 6.50. The van der Waals surface area contributed by atoms with Crippen LogP contribution in [0.3, 0.4) is 0 Å². The first-order valence-corrected chi connectivity index (χ1v) is 10.5. The van der Waals surface area contributed by atoms with Crippen LogP contribution in [0.15, 0.2) is 47.3 Å². The van der Waals surface area contributed by atoms with Crippen LogP contribution in [0.4, 0.5) is 5.69 Å². The van der Waals surface area contributed by atoms with Gasteiger partial charge >= 0.3 is 0 Å². The van der Waals surface area contributed by atoms with Gasteiger partial charge in [0.1, 0.15) is 5.75 Å². The fraction of sp³-hybridized carbons (Fsp3) is 0.360. The molecule has 6 nitrogen and oxygen atoms in total. The fourth-order valence-corrected chi connectivity index (χ4v) is 5.06. The summed E-state index contributed by atoms with van der Waals surface area (Å²) < 4.78 is 16.8. The first-order valence-electron chi connectivity index (χ1n) is 10.5. The maximum Gasteiger partial charge on any atom is 0.181 e. The molecule has 160 valence electrons. The van der Waals surface area contributed by atoms with Crippen LogP contribution >= 0.6 is 0 Å². The van der Waals surface area contributed by atoms with E-state index in [4.69, 9.17) is 13.9 Å². The van der Waals surface area contributed by atoms with Gasteiger partial charge in [0, 0.05) is 30.8 Å². The topological polar surface area (TPSA) is 73.6 Å². The predicted octanol–water partition coefficient (Wildman–Crippen LogP) is 5.36. The lowest BCUT2D eigenvalue weighted by Gasteiger charge is -2.29. The number of nitrogens with zero attached hydrogens (tertiary/aromatic N) is 1. The van der Waals surface area contributed by atoms with Crippen molar-refractivity contribution in [3.8, 4) is 17.1 Å². The fourth-order valence-electron chi connectivity index (χ4n) is 5.06. The van der Waals surface area contributed by atoms with Gasteiger partial charge in [-0.25, -0.2) is 4.98 Å². The average Bonchev–Trinajstić information content (AvgIpc) is 3.36. The molecule has 2 atom stereocenters. The van der Waals surface area contributed by atoms with Gasteiger partial charge in [0.25, 0.3) is 0 Å². The summed E-state index contributed by atoms with van der Waals surface area (Å²) in [6.45, 7) is 4.47. The molecule has 1 aliphatic carbocycles. The van der Waals surface area contributed by atoms with Crippen LogP contribution in [0.25, 0.3) is 11.3 Å². The zero-order valence-electron chi connectivity index (χ0n) is 18.2. The first kappa shape index (κ1) is 19.8. The summed E-state index contributed by atoms with van der Waals surface area (Å²) in [5, 5.41) is 3.55. The molecule has 2 unspecified atom stereocenters. The molecule has 0 saturated carbocycles. The SMILES string of the molecule is COc1cc2c(cc1-c1cnco1)C(=O)CC(c1ccc3c(c1)C(OC)C(C)(C)C3)N2. The van der Waals surface area contributed by atoms with Crippen LogP contribution in [0.2, 0.25) is 0 Å². The second-order valence-electron chi connectivity index (χ2n) is 9.03. The number of anilines is 1. The number of aromatic nitrogens is 1. The molecule has 31 heavy (non-hydrogen) atoms. The van der Waals surface area contributed by atoms with E-state index >= 15 is 0 Å². The maximum atomic E-state index is 13.1. The van der Waals surface area contributed by atoms with Gasteiger partial charge in [-0.1, -0.05) is 32.0 Å². The Hall–Kier alpha value is -3.12. The smallest absolute Gasteiger partial charge is 0.181 e. The number of Topliss-reactive ketones (excluding diaryl/α,β-unsaturated/α-hetero) is 1. The van der Waals surface area contributed by atoms with Gasteiger partial charge in [0.15, 0.2) is 17.9 Å². The Kier molecular flexibility index (Phi) is 4.63. The van der Waals surface area contributed by atoms with Gasteiger partial charge in [0.05, 0.1) is 31.0 Å². The van der Waals surface area contributed by atoms with E-state index in [9.17, 15) is 4.79 Å². The highest BCUT2D eigenvalue weighted by atomic mass is 16.5. The lowest BCUT2D eigenvalue weighted by Crippen LogP contribution is -2.23. The first-order chi connectivity index (χ1) is 14.9. The molecule has 1 aliphatic heterocycles. The van der Waals surface area contributed by atoms with Crippen molar-refractivity contribution in [1.82, 2.24) is 4.98 Å². The molecule has 1 N–H and O–H groups in total. The summed E-state index contributed by atoms with van der Waals surface area (Å²) >= 11 is 0. The molecule has 0 amide bonds. The Morgan fingerprint density at radius 1 is 1.16 bits per heavy atom. The summed E-state index contributed by atoms with van der Waals surface area (Å²) in [4.78, 5) is 17.1. The minimum atomic E-state index is -0.104. The largest absolute Gasteiger partial charge is 0.496 e.